The van der Waals surface area contributed by atoms with Gasteiger partial charge in [0, 0.05) is 24.0 Å². The van der Waals surface area contributed by atoms with Crippen molar-refractivity contribution < 1.29 is 22.7 Å². The van der Waals surface area contributed by atoms with Crippen LogP contribution in [0, 0.1) is 0 Å². The van der Waals surface area contributed by atoms with Crippen LogP contribution in [0.3, 0.4) is 0 Å². The molecule has 0 aliphatic carbocycles. The molecule has 0 aliphatic rings. The van der Waals surface area contributed by atoms with Crippen molar-refractivity contribution in [1.82, 2.24) is 10.2 Å². The third-order valence-corrected chi connectivity index (χ3v) is 6.78. The minimum absolute atomic E-state index is 0.0827. The highest BCUT2D eigenvalue weighted by molar-refractivity contribution is 7.93. The van der Waals surface area contributed by atoms with Crippen LogP contribution >= 0.6 is 11.3 Å². The molecule has 11 heteroatoms. The van der Waals surface area contributed by atoms with Crippen molar-refractivity contribution in [2.75, 3.05) is 24.3 Å². The highest BCUT2D eigenvalue weighted by Crippen LogP contribution is 2.25. The molecule has 0 atom stereocenters. The van der Waals surface area contributed by atoms with E-state index < -0.39 is 10.0 Å². The molecule has 0 amide bonds. The third-order valence-electron chi connectivity index (χ3n) is 4.31. The Balaban J connectivity index is 1.64. The SMILES string of the molecule is CCc1nnc(NS(=O)(=O)c2ccc(N/C=C/C(=O)c3ccc(OC)cc3OC)cc2)s1. The predicted molar refractivity (Wildman–Crippen MR) is 123 cm³/mol. The van der Waals surface area contributed by atoms with Crippen LogP contribution in [-0.4, -0.2) is 38.6 Å². The van der Waals surface area contributed by atoms with Crippen molar-refractivity contribution in [2.24, 2.45) is 0 Å². The number of benzene rings is 2. The molecule has 0 saturated heterocycles. The monoisotopic (exact) mass is 474 g/mol. The minimum Gasteiger partial charge on any atom is -0.497 e. The Labute approximate surface area is 190 Å². The van der Waals surface area contributed by atoms with Crippen molar-refractivity contribution in [3.8, 4) is 11.5 Å². The first-order valence-electron chi connectivity index (χ1n) is 9.51. The summed E-state index contributed by atoms with van der Waals surface area (Å²) in [5.74, 6) is 0.730. The number of rotatable bonds is 10. The number of nitrogens with zero attached hydrogens (tertiary/aromatic N) is 2. The molecule has 1 aromatic heterocycles. The number of hydrogen-bond acceptors (Lipinski definition) is 9. The molecule has 3 aromatic rings. The summed E-state index contributed by atoms with van der Waals surface area (Å²) in [5, 5.41) is 11.6. The summed E-state index contributed by atoms with van der Waals surface area (Å²) >= 11 is 1.19. The molecule has 9 nitrogen and oxygen atoms in total. The maximum absolute atomic E-state index is 12.5. The predicted octanol–water partition coefficient (Wildman–Crippen LogP) is 3.73. The Kier molecular flexibility index (Phi) is 7.44. The molecule has 0 fully saturated rings. The summed E-state index contributed by atoms with van der Waals surface area (Å²) < 4.78 is 37.8. The van der Waals surface area contributed by atoms with Crippen LogP contribution in [0.25, 0.3) is 0 Å². The zero-order valence-corrected chi connectivity index (χ0v) is 19.3. The van der Waals surface area contributed by atoms with Gasteiger partial charge in [-0.2, -0.15) is 0 Å². The van der Waals surface area contributed by atoms with E-state index in [1.807, 2.05) is 6.92 Å². The van der Waals surface area contributed by atoms with E-state index in [2.05, 4.69) is 20.2 Å². The van der Waals surface area contributed by atoms with E-state index in [0.717, 1.165) is 5.01 Å². The first kappa shape index (κ1) is 23.2. The van der Waals surface area contributed by atoms with E-state index in [-0.39, 0.29) is 15.8 Å². The number of carbonyl (C=O) groups excluding carboxylic acids is 1. The Morgan fingerprint density at radius 1 is 1.09 bits per heavy atom. The first-order valence-corrected chi connectivity index (χ1v) is 11.8. The largest absolute Gasteiger partial charge is 0.497 e. The van der Waals surface area contributed by atoms with Gasteiger partial charge in [-0.3, -0.25) is 9.52 Å². The molecule has 0 spiro atoms. The van der Waals surface area contributed by atoms with Gasteiger partial charge in [-0.15, -0.1) is 10.2 Å². The van der Waals surface area contributed by atoms with Gasteiger partial charge in [0.15, 0.2) is 5.78 Å². The van der Waals surface area contributed by atoms with Crippen molar-refractivity contribution in [3.05, 3.63) is 65.3 Å². The molecule has 0 radical (unpaired) electrons. The topological polar surface area (TPSA) is 120 Å². The van der Waals surface area contributed by atoms with E-state index >= 15 is 0 Å². The maximum atomic E-state index is 12.5. The lowest BCUT2D eigenvalue weighted by Gasteiger charge is -2.08. The van der Waals surface area contributed by atoms with E-state index in [1.54, 1.807) is 30.3 Å². The van der Waals surface area contributed by atoms with Gasteiger partial charge < -0.3 is 14.8 Å². The quantitative estimate of drug-likeness (QED) is 0.337. The summed E-state index contributed by atoms with van der Waals surface area (Å²) in [6.45, 7) is 1.92. The van der Waals surface area contributed by atoms with Gasteiger partial charge in [-0.05, 0) is 42.8 Å². The number of aryl methyl sites for hydroxylation is 1. The van der Waals surface area contributed by atoms with E-state index in [4.69, 9.17) is 9.47 Å². The van der Waals surface area contributed by atoms with E-state index in [9.17, 15) is 13.2 Å². The van der Waals surface area contributed by atoms with Gasteiger partial charge in [0.1, 0.15) is 16.5 Å². The minimum atomic E-state index is -3.77. The molecule has 32 heavy (non-hydrogen) atoms. The number of ketones is 1. The lowest BCUT2D eigenvalue weighted by molar-refractivity contribution is 0.104. The van der Waals surface area contributed by atoms with Crippen LogP contribution in [-0.2, 0) is 16.4 Å². The second-order valence-corrected chi connectivity index (χ2v) is 9.14. The van der Waals surface area contributed by atoms with E-state index in [0.29, 0.717) is 29.2 Å². The average molecular weight is 475 g/mol. The fourth-order valence-corrected chi connectivity index (χ4v) is 4.56. The molecule has 0 aliphatic heterocycles. The Morgan fingerprint density at radius 3 is 2.47 bits per heavy atom. The number of nitrogens with one attached hydrogen (secondary N) is 2. The van der Waals surface area contributed by atoms with Gasteiger partial charge in [-0.25, -0.2) is 8.42 Å². The second-order valence-electron chi connectivity index (χ2n) is 6.39. The number of sulfonamides is 1. The standard InChI is InChI=1S/C21H22N4O5S2/c1-4-20-23-24-21(31-20)25-32(27,28)16-8-5-14(6-9-16)22-12-11-18(26)17-10-7-15(29-2)13-19(17)30-3/h5-13,22H,4H2,1-3H3,(H,24,25)/b12-11+. The molecule has 3 rings (SSSR count). The van der Waals surface area contributed by atoms with Crippen LogP contribution in [0.2, 0.25) is 0 Å². The normalized spacial score (nSPS) is 11.3. The number of ether oxygens (including phenoxy) is 2. The van der Waals surface area contributed by atoms with Gasteiger partial charge in [-0.1, -0.05) is 18.3 Å². The molecular weight excluding hydrogens is 452 g/mol. The van der Waals surface area contributed by atoms with Crippen LogP contribution in [0.4, 0.5) is 10.8 Å². The van der Waals surface area contributed by atoms with Crippen LogP contribution < -0.4 is 19.5 Å². The summed E-state index contributed by atoms with van der Waals surface area (Å²) in [6.07, 6.45) is 3.51. The van der Waals surface area contributed by atoms with Crippen LogP contribution in [0.15, 0.2) is 59.6 Å². The zero-order chi connectivity index (χ0) is 23.1. The molecule has 0 bridgehead atoms. The number of anilines is 2. The Bertz CT molecular complexity index is 1220. The van der Waals surface area contributed by atoms with E-state index in [1.165, 1.54) is 50.0 Å². The van der Waals surface area contributed by atoms with Gasteiger partial charge in [0.25, 0.3) is 10.0 Å². The number of carbonyl (C=O) groups is 1. The highest BCUT2D eigenvalue weighted by Gasteiger charge is 2.16. The Hall–Kier alpha value is -3.44. The van der Waals surface area contributed by atoms with Gasteiger partial charge in [0.2, 0.25) is 5.13 Å². The zero-order valence-electron chi connectivity index (χ0n) is 17.7. The molecule has 1 heterocycles. The molecule has 168 valence electrons. The summed E-state index contributed by atoms with van der Waals surface area (Å²) in [7, 11) is -0.764. The summed E-state index contributed by atoms with van der Waals surface area (Å²) in [4.78, 5) is 12.5. The van der Waals surface area contributed by atoms with Crippen LogP contribution in [0.1, 0.15) is 22.3 Å². The van der Waals surface area contributed by atoms with Crippen molar-refractivity contribution in [1.29, 1.82) is 0 Å². The first-order chi connectivity index (χ1) is 15.4. The highest BCUT2D eigenvalue weighted by atomic mass is 32.2. The molecular formula is C21H22N4O5S2. The fraction of sp³-hybridized carbons (Fsp3) is 0.190. The number of aromatic nitrogens is 2. The van der Waals surface area contributed by atoms with Crippen molar-refractivity contribution >= 4 is 38.0 Å². The number of allylic oxidation sites excluding steroid dienone is 1. The second kappa shape index (κ2) is 10.2. The molecule has 2 N–H and O–H groups in total. The molecule has 0 unspecified atom stereocenters. The smallest absolute Gasteiger partial charge is 0.263 e. The third kappa shape index (κ3) is 5.62. The lowest BCUT2D eigenvalue weighted by Crippen LogP contribution is -2.12. The number of hydrogen-bond donors (Lipinski definition) is 2. The van der Waals surface area contributed by atoms with Crippen LogP contribution in [0.5, 0.6) is 11.5 Å². The number of methoxy groups -OCH3 is 2. The fourth-order valence-electron chi connectivity index (χ4n) is 2.65. The average Bonchev–Trinajstić information content (AvgIpc) is 3.25. The Morgan fingerprint density at radius 2 is 1.84 bits per heavy atom. The van der Waals surface area contributed by atoms with Crippen molar-refractivity contribution in [2.45, 2.75) is 18.2 Å². The van der Waals surface area contributed by atoms with Crippen molar-refractivity contribution in [3.63, 3.8) is 0 Å². The summed E-state index contributed by atoms with van der Waals surface area (Å²) in [5.41, 5.74) is 1.00. The van der Waals surface area contributed by atoms with Gasteiger partial charge in [0.05, 0.1) is 24.7 Å². The molecule has 2 aromatic carbocycles. The lowest BCUT2D eigenvalue weighted by atomic mass is 10.1. The van der Waals surface area contributed by atoms with Gasteiger partial charge >= 0.3 is 0 Å². The maximum Gasteiger partial charge on any atom is 0.263 e. The summed E-state index contributed by atoms with van der Waals surface area (Å²) in [6, 6.07) is 11.0. The molecule has 0 saturated carbocycles.